The van der Waals surface area contributed by atoms with E-state index in [0.717, 1.165) is 5.56 Å². The lowest BCUT2D eigenvalue weighted by Gasteiger charge is -2.37. The Morgan fingerprint density at radius 1 is 1.36 bits per heavy atom. The third kappa shape index (κ3) is 3.52. The summed E-state index contributed by atoms with van der Waals surface area (Å²) in [5, 5.41) is 5.84. The third-order valence-corrected chi connectivity index (χ3v) is 5.67. The molecule has 2 aromatic rings. The number of thioether (sulfide) groups is 1. The fourth-order valence-corrected chi connectivity index (χ4v) is 4.13. The maximum absolute atomic E-state index is 13.2. The van der Waals surface area contributed by atoms with Gasteiger partial charge in [0.15, 0.2) is 0 Å². The zero-order valence-electron chi connectivity index (χ0n) is 15.4. The van der Waals surface area contributed by atoms with Crippen molar-refractivity contribution in [3.8, 4) is 11.3 Å². The molecule has 0 bridgehead atoms. The molecule has 7 nitrogen and oxygen atoms in total. The standard InChI is InChI=1S/C20H21N3O4S/c1-28-11-18(24)21-13-6-7-23-16(10-13)19(25)22-15-5-4-12(9-14(15)20(23)26)17-3-2-8-27-17/h2-5,8-9,13,16H,6-7,10-11H2,1H3,(H,21,24)(H,22,25)/t13-,16+/m1/s1. The van der Waals surface area contributed by atoms with Gasteiger partial charge in [-0.25, -0.2) is 0 Å². The highest BCUT2D eigenvalue weighted by molar-refractivity contribution is 7.99. The van der Waals surface area contributed by atoms with Gasteiger partial charge in [-0.15, -0.1) is 0 Å². The first-order chi connectivity index (χ1) is 13.6. The van der Waals surface area contributed by atoms with Gasteiger partial charge in [0.2, 0.25) is 11.8 Å². The molecule has 0 radical (unpaired) electrons. The molecular formula is C20H21N3O4S. The lowest BCUT2D eigenvalue weighted by Crippen LogP contribution is -2.55. The first-order valence-electron chi connectivity index (χ1n) is 9.15. The lowest BCUT2D eigenvalue weighted by atomic mass is 9.96. The van der Waals surface area contributed by atoms with Gasteiger partial charge in [-0.2, -0.15) is 11.8 Å². The average molecular weight is 399 g/mol. The van der Waals surface area contributed by atoms with Crippen LogP contribution in [0.2, 0.25) is 0 Å². The van der Waals surface area contributed by atoms with Crippen molar-refractivity contribution in [2.75, 3.05) is 23.9 Å². The van der Waals surface area contributed by atoms with Gasteiger partial charge in [-0.05, 0) is 49.4 Å². The molecular weight excluding hydrogens is 378 g/mol. The van der Waals surface area contributed by atoms with Crippen LogP contribution >= 0.6 is 11.8 Å². The second kappa shape index (κ2) is 7.71. The second-order valence-electron chi connectivity index (χ2n) is 6.96. The Kier molecular flexibility index (Phi) is 5.13. The number of anilines is 1. The largest absolute Gasteiger partial charge is 0.464 e. The summed E-state index contributed by atoms with van der Waals surface area (Å²) in [7, 11) is 0. The number of hydrogen-bond acceptors (Lipinski definition) is 5. The quantitative estimate of drug-likeness (QED) is 0.824. The van der Waals surface area contributed by atoms with Crippen LogP contribution in [0.15, 0.2) is 41.0 Å². The van der Waals surface area contributed by atoms with E-state index >= 15 is 0 Å². The van der Waals surface area contributed by atoms with Gasteiger partial charge in [0.1, 0.15) is 11.8 Å². The number of hydrogen-bond donors (Lipinski definition) is 2. The number of nitrogens with zero attached hydrogens (tertiary/aromatic N) is 1. The van der Waals surface area contributed by atoms with Gasteiger partial charge in [-0.3, -0.25) is 14.4 Å². The summed E-state index contributed by atoms with van der Waals surface area (Å²) in [5.41, 5.74) is 1.74. The molecule has 2 N–H and O–H groups in total. The van der Waals surface area contributed by atoms with E-state index in [1.54, 1.807) is 29.4 Å². The SMILES string of the molecule is CSCC(=O)N[C@@H]1CCN2C(=O)c3cc(-c4ccco4)ccc3NC(=O)[C@@H]2C1. The van der Waals surface area contributed by atoms with E-state index in [1.807, 2.05) is 18.4 Å². The number of piperidine rings is 1. The van der Waals surface area contributed by atoms with E-state index in [9.17, 15) is 14.4 Å². The van der Waals surface area contributed by atoms with Crippen LogP contribution in [0, 0.1) is 0 Å². The fraction of sp³-hybridized carbons (Fsp3) is 0.350. The summed E-state index contributed by atoms with van der Waals surface area (Å²) in [6.45, 7) is 0.422. The molecule has 8 heteroatoms. The normalized spacial score (nSPS) is 21.4. The van der Waals surface area contributed by atoms with E-state index in [2.05, 4.69) is 10.6 Å². The summed E-state index contributed by atoms with van der Waals surface area (Å²) < 4.78 is 5.42. The Hall–Kier alpha value is -2.74. The van der Waals surface area contributed by atoms with Gasteiger partial charge < -0.3 is 20.0 Å². The van der Waals surface area contributed by atoms with Gasteiger partial charge in [0.25, 0.3) is 5.91 Å². The Morgan fingerprint density at radius 2 is 2.21 bits per heavy atom. The Labute approximate surface area is 166 Å². The van der Waals surface area contributed by atoms with Gasteiger partial charge >= 0.3 is 0 Å². The summed E-state index contributed by atoms with van der Waals surface area (Å²) in [5.74, 6) is 0.606. The van der Waals surface area contributed by atoms with Gasteiger partial charge in [-0.1, -0.05) is 0 Å². The molecule has 1 saturated heterocycles. The van der Waals surface area contributed by atoms with Crippen molar-refractivity contribution < 1.29 is 18.8 Å². The van der Waals surface area contributed by atoms with Gasteiger partial charge in [0, 0.05) is 18.2 Å². The van der Waals surface area contributed by atoms with Crippen LogP contribution in [-0.4, -0.2) is 53.3 Å². The minimum Gasteiger partial charge on any atom is -0.464 e. The first kappa shape index (κ1) is 18.6. The lowest BCUT2D eigenvalue weighted by molar-refractivity contribution is -0.123. The molecule has 3 amide bonds. The fourth-order valence-electron chi connectivity index (χ4n) is 3.79. The number of carbonyl (C=O) groups is 3. The van der Waals surface area contributed by atoms with Crippen molar-refractivity contribution in [1.29, 1.82) is 0 Å². The van der Waals surface area contributed by atoms with Crippen molar-refractivity contribution in [3.63, 3.8) is 0 Å². The van der Waals surface area contributed by atoms with Crippen molar-refractivity contribution in [3.05, 3.63) is 42.2 Å². The summed E-state index contributed by atoms with van der Waals surface area (Å²) >= 11 is 1.45. The number of furan rings is 1. The monoisotopic (exact) mass is 399 g/mol. The number of carbonyl (C=O) groups excluding carboxylic acids is 3. The third-order valence-electron chi connectivity index (χ3n) is 5.12. The van der Waals surface area contributed by atoms with Crippen LogP contribution in [0.4, 0.5) is 5.69 Å². The molecule has 3 heterocycles. The number of amides is 3. The maximum Gasteiger partial charge on any atom is 0.256 e. The molecule has 1 aromatic carbocycles. The number of nitrogens with one attached hydrogen (secondary N) is 2. The highest BCUT2D eigenvalue weighted by Gasteiger charge is 2.40. The van der Waals surface area contributed by atoms with Crippen molar-refractivity contribution in [1.82, 2.24) is 10.2 Å². The van der Waals surface area contributed by atoms with Gasteiger partial charge in [0.05, 0.1) is 23.3 Å². The zero-order valence-corrected chi connectivity index (χ0v) is 16.3. The molecule has 4 rings (SSSR count). The number of rotatable bonds is 4. The Morgan fingerprint density at radius 3 is 2.96 bits per heavy atom. The highest BCUT2D eigenvalue weighted by atomic mass is 32.2. The van der Waals surface area contributed by atoms with Crippen molar-refractivity contribution in [2.45, 2.75) is 24.9 Å². The predicted molar refractivity (Wildman–Crippen MR) is 107 cm³/mol. The Bertz CT molecular complexity index is 912. The molecule has 28 heavy (non-hydrogen) atoms. The van der Waals surface area contributed by atoms with Crippen LogP contribution in [-0.2, 0) is 9.59 Å². The van der Waals surface area contributed by atoms with Crippen molar-refractivity contribution >= 4 is 35.2 Å². The number of fused-ring (bicyclic) bond motifs is 2. The van der Waals surface area contributed by atoms with Crippen LogP contribution in [0.25, 0.3) is 11.3 Å². The van der Waals surface area contributed by atoms with E-state index in [4.69, 9.17) is 4.42 Å². The Balaban J connectivity index is 1.58. The molecule has 146 valence electrons. The van der Waals surface area contributed by atoms with E-state index in [1.165, 1.54) is 11.8 Å². The smallest absolute Gasteiger partial charge is 0.256 e. The minimum absolute atomic E-state index is 0.0438. The van der Waals surface area contributed by atoms with Crippen LogP contribution in [0.5, 0.6) is 0 Å². The summed E-state index contributed by atoms with van der Waals surface area (Å²) in [4.78, 5) is 39.5. The molecule has 0 unspecified atom stereocenters. The van der Waals surface area contributed by atoms with Crippen LogP contribution in [0.3, 0.4) is 0 Å². The summed E-state index contributed by atoms with van der Waals surface area (Å²) in [6.07, 6.45) is 4.49. The van der Waals surface area contributed by atoms with E-state index < -0.39 is 6.04 Å². The molecule has 2 aliphatic rings. The average Bonchev–Trinajstić information content (AvgIpc) is 3.19. The van der Waals surface area contributed by atoms with E-state index in [0.29, 0.717) is 42.2 Å². The maximum atomic E-state index is 13.2. The highest BCUT2D eigenvalue weighted by Crippen LogP contribution is 2.31. The molecule has 2 atom stereocenters. The van der Waals surface area contributed by atoms with Crippen LogP contribution < -0.4 is 10.6 Å². The topological polar surface area (TPSA) is 91.7 Å². The molecule has 1 aromatic heterocycles. The molecule has 2 aliphatic heterocycles. The van der Waals surface area contributed by atoms with Crippen molar-refractivity contribution in [2.24, 2.45) is 0 Å². The zero-order chi connectivity index (χ0) is 19.7. The first-order valence-corrected chi connectivity index (χ1v) is 10.5. The minimum atomic E-state index is -0.597. The van der Waals surface area contributed by atoms with Crippen LogP contribution in [0.1, 0.15) is 23.2 Å². The number of benzene rings is 1. The second-order valence-corrected chi connectivity index (χ2v) is 7.83. The molecule has 0 aliphatic carbocycles. The molecule has 0 saturated carbocycles. The predicted octanol–water partition coefficient (Wildman–Crippen LogP) is 2.35. The molecule has 0 spiro atoms. The molecule has 1 fully saturated rings. The van der Waals surface area contributed by atoms with E-state index in [-0.39, 0.29) is 23.8 Å². The summed E-state index contributed by atoms with van der Waals surface area (Å²) in [6, 6.07) is 8.22.